The van der Waals surface area contributed by atoms with Gasteiger partial charge in [0.15, 0.2) is 5.65 Å². The van der Waals surface area contributed by atoms with Gasteiger partial charge in [-0.15, -0.1) is 0 Å². The molecule has 3 aromatic rings. The zero-order valence-electron chi connectivity index (χ0n) is 10.5. The van der Waals surface area contributed by atoms with Crippen LogP contribution < -0.4 is 5.11 Å². The number of benzene rings is 1. The zero-order chi connectivity index (χ0) is 14.3. The summed E-state index contributed by atoms with van der Waals surface area (Å²) in [5.41, 5.74) is 1.38. The number of pyridine rings is 1. The number of carbonyl (C=O) groups is 1. The van der Waals surface area contributed by atoms with E-state index in [0.717, 1.165) is 0 Å². The van der Waals surface area contributed by atoms with Crippen molar-refractivity contribution in [3.05, 3.63) is 41.7 Å². The molecule has 0 atom stereocenters. The molecule has 6 nitrogen and oxygen atoms in total. The summed E-state index contributed by atoms with van der Waals surface area (Å²) in [6.07, 6.45) is 0. The molecule has 20 heavy (non-hydrogen) atoms. The van der Waals surface area contributed by atoms with Crippen molar-refractivity contribution in [2.75, 3.05) is 0 Å². The number of aromatic amines is 1. The summed E-state index contributed by atoms with van der Waals surface area (Å²) >= 11 is 0. The highest BCUT2D eigenvalue weighted by Gasteiger charge is 2.15. The van der Waals surface area contributed by atoms with E-state index in [1.54, 1.807) is 25.1 Å². The van der Waals surface area contributed by atoms with Crippen molar-refractivity contribution in [3.63, 3.8) is 0 Å². The van der Waals surface area contributed by atoms with E-state index in [0.29, 0.717) is 28.2 Å². The second-order valence-corrected chi connectivity index (χ2v) is 4.38. The van der Waals surface area contributed by atoms with Crippen molar-refractivity contribution in [2.24, 2.45) is 0 Å². The smallest absolute Gasteiger partial charge is 0.338 e. The maximum atomic E-state index is 11.8. The second kappa shape index (κ2) is 4.34. The zero-order valence-corrected chi connectivity index (χ0v) is 10.5. The number of hydrogen-bond donors (Lipinski definition) is 2. The Morgan fingerprint density at radius 2 is 2.05 bits per heavy atom. The fraction of sp³-hybridized carbons (Fsp3) is 0.0714. The van der Waals surface area contributed by atoms with E-state index in [1.807, 2.05) is 0 Å². The quantitative estimate of drug-likeness (QED) is 0.736. The lowest BCUT2D eigenvalue weighted by molar-refractivity contribution is -0.267. The Hall–Kier alpha value is -2.89. The van der Waals surface area contributed by atoms with Gasteiger partial charge in [-0.2, -0.15) is 0 Å². The second-order valence-electron chi connectivity index (χ2n) is 4.38. The first-order valence-corrected chi connectivity index (χ1v) is 5.93. The number of aromatic carboxylic acids is 1. The monoisotopic (exact) mass is 268 g/mol. The van der Waals surface area contributed by atoms with E-state index >= 15 is 0 Å². The lowest BCUT2D eigenvalue weighted by Crippen LogP contribution is -2.01. The minimum atomic E-state index is -1.09. The lowest BCUT2D eigenvalue weighted by atomic mass is 10.1. The summed E-state index contributed by atoms with van der Waals surface area (Å²) in [6.45, 7) is 1.72. The first-order valence-electron chi connectivity index (χ1n) is 5.93. The average molecular weight is 268 g/mol. The van der Waals surface area contributed by atoms with Crippen LogP contribution in [0, 0.1) is 6.92 Å². The van der Waals surface area contributed by atoms with Gasteiger partial charge in [0.2, 0.25) is 0 Å². The number of nitrogens with one attached hydrogen (secondary N) is 1. The van der Waals surface area contributed by atoms with E-state index in [2.05, 4.69) is 15.0 Å². The molecule has 6 heteroatoms. The number of nitrogens with zero attached hydrogens (tertiary/aromatic N) is 2. The molecule has 100 valence electrons. The highest BCUT2D eigenvalue weighted by Crippen LogP contribution is 2.28. The summed E-state index contributed by atoms with van der Waals surface area (Å²) in [6, 6.07) is 7.75. The summed E-state index contributed by atoms with van der Waals surface area (Å²) in [5, 5.41) is 21.1. The Kier molecular flexibility index (Phi) is 2.64. The molecule has 0 aliphatic rings. The third kappa shape index (κ3) is 1.87. The summed E-state index contributed by atoms with van der Waals surface area (Å²) in [7, 11) is 0. The fourth-order valence-electron chi connectivity index (χ4n) is 2.09. The molecule has 2 heterocycles. The number of carboxylic acid groups (broad SMARTS) is 1. The van der Waals surface area contributed by atoms with Crippen LogP contribution in [0.2, 0.25) is 0 Å². The predicted molar refractivity (Wildman–Crippen MR) is 70.5 cm³/mol. The Morgan fingerprint density at radius 1 is 1.30 bits per heavy atom. The fourth-order valence-corrected chi connectivity index (χ4v) is 2.09. The third-order valence-corrected chi connectivity index (χ3v) is 2.97. The van der Waals surface area contributed by atoms with Crippen molar-refractivity contribution < 1.29 is 15.0 Å². The Balaban J connectivity index is 2.33. The molecule has 0 spiro atoms. The molecule has 0 saturated heterocycles. The molecule has 0 aliphatic carbocycles. The maximum Gasteiger partial charge on any atom is 0.338 e. The molecule has 0 aliphatic heterocycles. The molecular weight excluding hydrogens is 258 g/mol. The number of carboxylic acids is 1. The number of para-hydroxylation sites is 1. The highest BCUT2D eigenvalue weighted by molar-refractivity contribution is 6.01. The van der Waals surface area contributed by atoms with Gasteiger partial charge in [0.1, 0.15) is 5.82 Å². The molecule has 0 radical (unpaired) electrons. The van der Waals surface area contributed by atoms with E-state index in [-0.39, 0.29) is 11.3 Å². The standard InChI is InChI=1S/C14H11N3O3/c1-7-15-12-9(14(19)20)6-10(17-13(12)16-7)8-4-2-3-5-11(8)18/h2-6,18H,1H3,(H,19,20)(H,15,16,17)/p-1. The molecular formula is C14H10N3O3-. The van der Waals surface area contributed by atoms with Crippen LogP contribution in [-0.2, 0) is 0 Å². The van der Waals surface area contributed by atoms with E-state index < -0.39 is 5.97 Å². The summed E-state index contributed by atoms with van der Waals surface area (Å²) < 4.78 is 0. The molecule has 0 amide bonds. The molecule has 2 aromatic heterocycles. The van der Waals surface area contributed by atoms with E-state index in [9.17, 15) is 15.0 Å². The minimum Gasteiger partial charge on any atom is -0.872 e. The predicted octanol–water partition coefficient (Wildman–Crippen LogP) is 1.71. The van der Waals surface area contributed by atoms with Crippen LogP contribution in [0.1, 0.15) is 16.2 Å². The molecule has 0 bridgehead atoms. The summed E-state index contributed by atoms with van der Waals surface area (Å²) in [4.78, 5) is 22.6. The van der Waals surface area contributed by atoms with Crippen molar-refractivity contribution in [2.45, 2.75) is 6.92 Å². The Bertz CT molecular complexity index is 824. The molecule has 0 fully saturated rings. The van der Waals surface area contributed by atoms with Crippen LogP contribution in [0.3, 0.4) is 0 Å². The summed E-state index contributed by atoms with van der Waals surface area (Å²) in [5.74, 6) is -0.726. The number of imidazole rings is 1. The van der Waals surface area contributed by atoms with E-state index in [1.165, 1.54) is 12.1 Å². The number of hydrogen-bond acceptors (Lipinski definition) is 4. The van der Waals surface area contributed by atoms with Gasteiger partial charge >= 0.3 is 5.97 Å². The van der Waals surface area contributed by atoms with Crippen molar-refractivity contribution in [1.29, 1.82) is 0 Å². The SMILES string of the molecule is Cc1nc2nc(-c3ccccc3[O-])cc(C(=O)O)c2[nH]1. The number of rotatable bonds is 2. The molecule has 0 saturated carbocycles. The Labute approximate surface area is 113 Å². The molecule has 1 aromatic carbocycles. The maximum absolute atomic E-state index is 11.8. The van der Waals surface area contributed by atoms with Crippen LogP contribution >= 0.6 is 0 Å². The van der Waals surface area contributed by atoms with Crippen LogP contribution in [-0.4, -0.2) is 26.0 Å². The lowest BCUT2D eigenvalue weighted by Gasteiger charge is -2.12. The van der Waals surface area contributed by atoms with E-state index in [4.69, 9.17) is 0 Å². The van der Waals surface area contributed by atoms with Crippen LogP contribution in [0.15, 0.2) is 30.3 Å². The van der Waals surface area contributed by atoms with Gasteiger partial charge in [0, 0.05) is 0 Å². The normalized spacial score (nSPS) is 10.8. The number of aryl methyl sites for hydroxylation is 1. The first-order chi connectivity index (χ1) is 9.56. The van der Waals surface area contributed by atoms with Gasteiger partial charge in [-0.1, -0.05) is 30.0 Å². The van der Waals surface area contributed by atoms with Gasteiger partial charge in [-0.3, -0.25) is 0 Å². The largest absolute Gasteiger partial charge is 0.872 e. The topological polar surface area (TPSA) is 102 Å². The molecule has 2 N–H and O–H groups in total. The Morgan fingerprint density at radius 3 is 2.75 bits per heavy atom. The number of fused-ring (bicyclic) bond motifs is 1. The molecule has 0 unspecified atom stereocenters. The average Bonchev–Trinajstić information content (AvgIpc) is 2.77. The third-order valence-electron chi connectivity index (χ3n) is 2.97. The van der Waals surface area contributed by atoms with Crippen LogP contribution in [0.4, 0.5) is 0 Å². The van der Waals surface area contributed by atoms with Crippen LogP contribution in [0.5, 0.6) is 5.75 Å². The van der Waals surface area contributed by atoms with Gasteiger partial charge < -0.3 is 15.2 Å². The van der Waals surface area contributed by atoms with Gasteiger partial charge in [0.25, 0.3) is 0 Å². The van der Waals surface area contributed by atoms with Crippen molar-refractivity contribution in [1.82, 2.24) is 15.0 Å². The first kappa shape index (κ1) is 12.2. The van der Waals surface area contributed by atoms with Gasteiger partial charge in [0.05, 0.1) is 16.8 Å². The van der Waals surface area contributed by atoms with Crippen molar-refractivity contribution >= 4 is 17.1 Å². The van der Waals surface area contributed by atoms with Crippen molar-refractivity contribution in [3.8, 4) is 17.0 Å². The minimum absolute atomic E-state index is 0.0499. The highest BCUT2D eigenvalue weighted by atomic mass is 16.4. The molecule has 3 rings (SSSR count). The van der Waals surface area contributed by atoms with Crippen LogP contribution in [0.25, 0.3) is 22.4 Å². The van der Waals surface area contributed by atoms with Gasteiger partial charge in [-0.05, 0) is 18.6 Å². The number of H-pyrrole nitrogens is 1. The van der Waals surface area contributed by atoms with Gasteiger partial charge in [-0.25, -0.2) is 14.8 Å². The number of aromatic nitrogens is 3.